The Kier molecular flexibility index (Phi) is 2.85. The molecular formula is C13H10N4OS. The molecule has 0 fully saturated rings. The van der Waals surface area contributed by atoms with Crippen molar-refractivity contribution < 1.29 is 0 Å². The van der Waals surface area contributed by atoms with Gasteiger partial charge in [0.1, 0.15) is 0 Å². The summed E-state index contributed by atoms with van der Waals surface area (Å²) in [4.78, 5) is 23.1. The van der Waals surface area contributed by atoms with Crippen LogP contribution in [0.4, 0.5) is 5.95 Å². The van der Waals surface area contributed by atoms with Gasteiger partial charge in [0, 0.05) is 29.6 Å². The Morgan fingerprint density at radius 1 is 1.26 bits per heavy atom. The molecule has 0 saturated carbocycles. The van der Waals surface area contributed by atoms with E-state index in [-0.39, 0.29) is 11.5 Å². The minimum atomic E-state index is -0.141. The van der Waals surface area contributed by atoms with Gasteiger partial charge in [-0.15, -0.1) is 11.3 Å². The zero-order valence-corrected chi connectivity index (χ0v) is 10.6. The van der Waals surface area contributed by atoms with Crippen molar-refractivity contribution in [2.24, 2.45) is 0 Å². The Balaban J connectivity index is 2.21. The lowest BCUT2D eigenvalue weighted by Crippen LogP contribution is -2.03. The number of nitrogens with one attached hydrogen (secondary N) is 1. The van der Waals surface area contributed by atoms with Crippen molar-refractivity contribution in [3.05, 3.63) is 52.4 Å². The first-order valence-electron chi connectivity index (χ1n) is 5.59. The maximum absolute atomic E-state index is 11.1. The Hall–Kier alpha value is -2.47. The number of rotatable bonds is 2. The summed E-state index contributed by atoms with van der Waals surface area (Å²) in [5, 5.41) is 1.98. The van der Waals surface area contributed by atoms with Crippen LogP contribution in [0.3, 0.4) is 0 Å². The number of aromatic amines is 1. The van der Waals surface area contributed by atoms with E-state index in [9.17, 15) is 4.79 Å². The summed E-state index contributed by atoms with van der Waals surface area (Å²) < 4.78 is 0. The smallest absolute Gasteiger partial charge is 0.247 e. The van der Waals surface area contributed by atoms with Gasteiger partial charge < -0.3 is 10.7 Å². The summed E-state index contributed by atoms with van der Waals surface area (Å²) in [5.41, 5.74) is 7.98. The van der Waals surface area contributed by atoms with Crippen molar-refractivity contribution in [2.75, 3.05) is 5.73 Å². The highest BCUT2D eigenvalue weighted by Crippen LogP contribution is 2.32. The van der Waals surface area contributed by atoms with Gasteiger partial charge in [-0.25, -0.2) is 9.97 Å². The monoisotopic (exact) mass is 270 g/mol. The predicted molar refractivity (Wildman–Crippen MR) is 75.8 cm³/mol. The second-order valence-corrected chi connectivity index (χ2v) is 4.86. The maximum Gasteiger partial charge on any atom is 0.247 e. The lowest BCUT2D eigenvalue weighted by Gasteiger charge is -2.07. The van der Waals surface area contributed by atoms with Crippen LogP contribution in [0.2, 0.25) is 0 Å². The summed E-state index contributed by atoms with van der Waals surface area (Å²) in [7, 11) is 0. The molecule has 0 radical (unpaired) electrons. The fraction of sp³-hybridized carbons (Fsp3) is 0. The average Bonchev–Trinajstić information content (AvgIpc) is 2.94. The molecule has 19 heavy (non-hydrogen) atoms. The van der Waals surface area contributed by atoms with Crippen molar-refractivity contribution in [2.45, 2.75) is 0 Å². The van der Waals surface area contributed by atoms with Gasteiger partial charge in [0.2, 0.25) is 11.5 Å². The summed E-state index contributed by atoms with van der Waals surface area (Å²) >= 11 is 1.58. The molecule has 0 aliphatic carbocycles. The van der Waals surface area contributed by atoms with Crippen LogP contribution in [0.15, 0.2) is 46.8 Å². The summed E-state index contributed by atoms with van der Waals surface area (Å²) in [6.45, 7) is 0. The highest BCUT2D eigenvalue weighted by Gasteiger charge is 2.11. The second kappa shape index (κ2) is 4.66. The molecule has 3 rings (SSSR count). The van der Waals surface area contributed by atoms with Gasteiger partial charge in [-0.1, -0.05) is 6.07 Å². The third-order valence-corrected chi connectivity index (χ3v) is 3.53. The molecule has 0 amide bonds. The van der Waals surface area contributed by atoms with Gasteiger partial charge in [0.25, 0.3) is 0 Å². The number of H-pyrrole nitrogens is 1. The van der Waals surface area contributed by atoms with Crippen LogP contribution in [-0.4, -0.2) is 15.0 Å². The molecule has 5 nitrogen and oxygen atoms in total. The van der Waals surface area contributed by atoms with Gasteiger partial charge in [0.05, 0.1) is 10.6 Å². The van der Waals surface area contributed by atoms with Gasteiger partial charge in [-0.05, 0) is 17.5 Å². The number of pyridine rings is 1. The van der Waals surface area contributed by atoms with Crippen LogP contribution in [0.5, 0.6) is 0 Å². The molecule has 0 atom stereocenters. The van der Waals surface area contributed by atoms with Crippen LogP contribution in [0.1, 0.15) is 0 Å². The summed E-state index contributed by atoms with van der Waals surface area (Å²) in [6, 6.07) is 7.14. The van der Waals surface area contributed by atoms with Crippen LogP contribution >= 0.6 is 11.3 Å². The van der Waals surface area contributed by atoms with E-state index in [1.807, 2.05) is 17.5 Å². The molecule has 0 aromatic carbocycles. The van der Waals surface area contributed by atoms with Crippen molar-refractivity contribution in [3.8, 4) is 21.7 Å². The fourth-order valence-electron chi connectivity index (χ4n) is 1.79. The molecule has 6 heteroatoms. The Bertz CT molecular complexity index is 744. The van der Waals surface area contributed by atoms with E-state index in [0.29, 0.717) is 0 Å². The Morgan fingerprint density at radius 3 is 2.84 bits per heavy atom. The molecule has 0 bridgehead atoms. The third kappa shape index (κ3) is 2.25. The van der Waals surface area contributed by atoms with Crippen molar-refractivity contribution >= 4 is 17.3 Å². The maximum atomic E-state index is 11.1. The first-order valence-corrected chi connectivity index (χ1v) is 6.47. The molecule has 0 spiro atoms. The third-order valence-electron chi connectivity index (χ3n) is 2.66. The van der Waals surface area contributed by atoms with Crippen LogP contribution in [0.25, 0.3) is 21.7 Å². The standard InChI is InChI=1S/C13H10N4OS/c14-13-16-7-9(8-3-4-11(18)15-6-8)12(17-13)10-2-1-5-19-10/h1-7H,(H,15,18)(H2,14,16,17). The van der Waals surface area contributed by atoms with Crippen molar-refractivity contribution in [1.82, 2.24) is 15.0 Å². The number of nitrogens with zero attached hydrogens (tertiary/aromatic N) is 2. The van der Waals surface area contributed by atoms with Gasteiger partial charge in [-0.3, -0.25) is 4.79 Å². The molecule has 3 N–H and O–H groups in total. The zero-order valence-electron chi connectivity index (χ0n) is 9.83. The Labute approximate surface area is 112 Å². The number of aromatic nitrogens is 3. The lowest BCUT2D eigenvalue weighted by molar-refractivity contribution is 1.18. The van der Waals surface area contributed by atoms with E-state index in [0.717, 1.165) is 21.7 Å². The van der Waals surface area contributed by atoms with E-state index in [1.165, 1.54) is 6.07 Å². The SMILES string of the molecule is Nc1ncc(-c2ccc(=O)[nH]c2)c(-c2cccs2)n1. The van der Waals surface area contributed by atoms with E-state index < -0.39 is 0 Å². The molecule has 3 aromatic rings. The first-order chi connectivity index (χ1) is 9.24. The predicted octanol–water partition coefficient (Wildman–Crippen LogP) is 2.14. The fourth-order valence-corrected chi connectivity index (χ4v) is 2.51. The number of nitrogen functional groups attached to an aromatic ring is 1. The lowest BCUT2D eigenvalue weighted by atomic mass is 10.1. The highest BCUT2D eigenvalue weighted by molar-refractivity contribution is 7.13. The van der Waals surface area contributed by atoms with Crippen LogP contribution in [0, 0.1) is 0 Å². The summed E-state index contributed by atoms with van der Waals surface area (Å²) in [5.74, 6) is 0.233. The molecular weight excluding hydrogens is 260 g/mol. The highest BCUT2D eigenvalue weighted by atomic mass is 32.1. The average molecular weight is 270 g/mol. The largest absolute Gasteiger partial charge is 0.368 e. The second-order valence-electron chi connectivity index (χ2n) is 3.91. The molecule has 3 aromatic heterocycles. The van der Waals surface area contributed by atoms with E-state index in [2.05, 4.69) is 15.0 Å². The topological polar surface area (TPSA) is 84.7 Å². The normalized spacial score (nSPS) is 10.5. The number of hydrogen-bond acceptors (Lipinski definition) is 5. The number of nitrogens with two attached hydrogens (primary N) is 1. The molecule has 0 saturated heterocycles. The molecule has 94 valence electrons. The molecule has 0 aliphatic rings. The first kappa shape index (κ1) is 11.6. The molecule has 3 heterocycles. The molecule has 0 aliphatic heterocycles. The van der Waals surface area contributed by atoms with Crippen molar-refractivity contribution in [1.29, 1.82) is 0 Å². The van der Waals surface area contributed by atoms with Gasteiger partial charge in [0.15, 0.2) is 0 Å². The number of hydrogen-bond donors (Lipinski definition) is 2. The van der Waals surface area contributed by atoms with Crippen molar-refractivity contribution in [3.63, 3.8) is 0 Å². The number of anilines is 1. The number of thiophene rings is 1. The molecule has 0 unspecified atom stereocenters. The quantitative estimate of drug-likeness (QED) is 0.747. The van der Waals surface area contributed by atoms with E-state index in [4.69, 9.17) is 5.73 Å². The summed E-state index contributed by atoms with van der Waals surface area (Å²) in [6.07, 6.45) is 3.32. The van der Waals surface area contributed by atoms with Gasteiger partial charge >= 0.3 is 0 Å². The van der Waals surface area contributed by atoms with E-state index >= 15 is 0 Å². The van der Waals surface area contributed by atoms with Crippen LogP contribution in [-0.2, 0) is 0 Å². The van der Waals surface area contributed by atoms with E-state index in [1.54, 1.807) is 29.8 Å². The zero-order chi connectivity index (χ0) is 13.2. The Morgan fingerprint density at radius 2 is 2.16 bits per heavy atom. The van der Waals surface area contributed by atoms with Crippen LogP contribution < -0.4 is 11.3 Å². The van der Waals surface area contributed by atoms with Gasteiger partial charge in [-0.2, -0.15) is 0 Å². The minimum Gasteiger partial charge on any atom is -0.368 e. The minimum absolute atomic E-state index is 0.141.